The number of furan rings is 1. The number of carbonyl (C=O) groups is 1. The molecule has 0 bridgehead atoms. The number of thiophene rings is 1. The molecule has 21 heavy (non-hydrogen) atoms. The van der Waals surface area contributed by atoms with Crippen LogP contribution in [0.4, 0.5) is 0 Å². The highest BCUT2D eigenvalue weighted by Crippen LogP contribution is 2.37. The molecule has 0 radical (unpaired) electrons. The van der Waals surface area contributed by atoms with E-state index in [4.69, 9.17) is 9.52 Å². The highest BCUT2D eigenvalue weighted by Gasteiger charge is 2.26. The van der Waals surface area contributed by atoms with Crippen molar-refractivity contribution in [2.24, 2.45) is 5.92 Å². The van der Waals surface area contributed by atoms with E-state index >= 15 is 0 Å². The van der Waals surface area contributed by atoms with E-state index in [0.717, 1.165) is 0 Å². The molecule has 2 aromatic heterocycles. The summed E-state index contributed by atoms with van der Waals surface area (Å²) in [5.74, 6) is 0.316. The molecule has 0 aliphatic heterocycles. The van der Waals surface area contributed by atoms with Crippen molar-refractivity contribution >= 4 is 17.3 Å². The molecule has 4 nitrogen and oxygen atoms in total. The molecule has 2 aromatic rings. The first-order chi connectivity index (χ1) is 10.2. The molecule has 5 heteroatoms. The normalized spacial score (nSPS) is 17.1. The van der Waals surface area contributed by atoms with E-state index in [2.05, 4.69) is 22.8 Å². The van der Waals surface area contributed by atoms with Gasteiger partial charge in [-0.1, -0.05) is 18.9 Å². The Morgan fingerprint density at radius 3 is 2.81 bits per heavy atom. The molecule has 1 atom stereocenters. The molecule has 1 fully saturated rings. The van der Waals surface area contributed by atoms with E-state index in [9.17, 15) is 4.79 Å². The Hall–Kier alpha value is -1.59. The second-order valence-corrected chi connectivity index (χ2v) is 6.47. The summed E-state index contributed by atoms with van der Waals surface area (Å²) in [4.78, 5) is 12.2. The standard InChI is InChI=1S/C16H19NO3S/c18-16(19)13-8-7-12(20-13)10-17-15(11-4-1-2-5-11)14-6-3-9-21-14/h3,6-9,11,15,17H,1-2,4-5,10H2,(H,18,19). The van der Waals surface area contributed by atoms with Gasteiger partial charge in [0.05, 0.1) is 6.54 Å². The monoisotopic (exact) mass is 305 g/mol. The molecule has 2 N–H and O–H groups in total. The molecule has 1 unspecified atom stereocenters. The second kappa shape index (κ2) is 6.45. The van der Waals surface area contributed by atoms with Gasteiger partial charge in [-0.25, -0.2) is 4.79 Å². The van der Waals surface area contributed by atoms with Crippen LogP contribution in [0.3, 0.4) is 0 Å². The van der Waals surface area contributed by atoms with Crippen molar-refractivity contribution in [1.82, 2.24) is 5.32 Å². The summed E-state index contributed by atoms with van der Waals surface area (Å²) in [7, 11) is 0. The molecule has 0 aromatic carbocycles. The number of nitrogens with one attached hydrogen (secondary N) is 1. The summed E-state index contributed by atoms with van der Waals surface area (Å²) in [5.41, 5.74) is 0. The number of carboxylic acid groups (broad SMARTS) is 1. The summed E-state index contributed by atoms with van der Waals surface area (Å²) in [6, 6.07) is 7.83. The van der Waals surface area contributed by atoms with Crippen LogP contribution >= 0.6 is 11.3 Å². The van der Waals surface area contributed by atoms with Gasteiger partial charge in [0.25, 0.3) is 0 Å². The molecule has 0 saturated heterocycles. The smallest absolute Gasteiger partial charge is 0.371 e. The molecule has 1 aliphatic carbocycles. The fourth-order valence-electron chi connectivity index (χ4n) is 3.06. The number of hydrogen-bond acceptors (Lipinski definition) is 4. The molecule has 0 spiro atoms. The average molecular weight is 305 g/mol. The second-order valence-electron chi connectivity index (χ2n) is 5.49. The lowest BCUT2D eigenvalue weighted by atomic mass is 9.96. The van der Waals surface area contributed by atoms with Crippen molar-refractivity contribution < 1.29 is 14.3 Å². The van der Waals surface area contributed by atoms with E-state index in [1.54, 1.807) is 17.4 Å². The van der Waals surface area contributed by atoms with Gasteiger partial charge in [-0.05, 0) is 42.3 Å². The number of rotatable bonds is 6. The molecular formula is C16H19NO3S. The van der Waals surface area contributed by atoms with Crippen LogP contribution in [0.1, 0.15) is 52.9 Å². The van der Waals surface area contributed by atoms with Gasteiger partial charge in [-0.15, -0.1) is 11.3 Å². The van der Waals surface area contributed by atoms with Crippen LogP contribution in [0, 0.1) is 5.92 Å². The topological polar surface area (TPSA) is 62.5 Å². The number of aromatic carboxylic acids is 1. The van der Waals surface area contributed by atoms with E-state index < -0.39 is 5.97 Å². The Kier molecular flexibility index (Phi) is 4.41. The quantitative estimate of drug-likeness (QED) is 0.845. The van der Waals surface area contributed by atoms with Gasteiger partial charge in [0.15, 0.2) is 0 Å². The predicted octanol–water partition coefficient (Wildman–Crippen LogP) is 4.06. The van der Waals surface area contributed by atoms with Gasteiger partial charge >= 0.3 is 5.97 Å². The maximum atomic E-state index is 10.8. The largest absolute Gasteiger partial charge is 0.475 e. The summed E-state index contributed by atoms with van der Waals surface area (Å²) >= 11 is 1.78. The summed E-state index contributed by atoms with van der Waals surface area (Å²) in [6.07, 6.45) is 5.12. The van der Waals surface area contributed by atoms with Crippen molar-refractivity contribution in [2.45, 2.75) is 38.3 Å². The van der Waals surface area contributed by atoms with Crippen LogP contribution in [0.2, 0.25) is 0 Å². The van der Waals surface area contributed by atoms with E-state index in [1.807, 2.05) is 0 Å². The van der Waals surface area contributed by atoms with E-state index in [0.29, 0.717) is 24.3 Å². The zero-order valence-electron chi connectivity index (χ0n) is 11.7. The lowest BCUT2D eigenvalue weighted by Gasteiger charge is -2.23. The van der Waals surface area contributed by atoms with Crippen LogP contribution in [0.5, 0.6) is 0 Å². The first-order valence-electron chi connectivity index (χ1n) is 7.33. The van der Waals surface area contributed by atoms with Crippen molar-refractivity contribution in [2.75, 3.05) is 0 Å². The first kappa shape index (κ1) is 14.4. The van der Waals surface area contributed by atoms with E-state index in [1.165, 1.54) is 36.6 Å². The maximum Gasteiger partial charge on any atom is 0.371 e. The predicted molar refractivity (Wildman–Crippen MR) is 81.5 cm³/mol. The van der Waals surface area contributed by atoms with Crippen LogP contribution in [0.15, 0.2) is 34.1 Å². The number of carboxylic acids is 1. The van der Waals surface area contributed by atoms with Crippen LogP contribution < -0.4 is 5.32 Å². The molecular weight excluding hydrogens is 286 g/mol. The maximum absolute atomic E-state index is 10.8. The lowest BCUT2D eigenvalue weighted by molar-refractivity contribution is 0.0660. The van der Waals surface area contributed by atoms with Crippen molar-refractivity contribution in [3.05, 3.63) is 46.0 Å². The van der Waals surface area contributed by atoms with Crippen LogP contribution in [0.25, 0.3) is 0 Å². The van der Waals surface area contributed by atoms with Crippen LogP contribution in [-0.4, -0.2) is 11.1 Å². The molecule has 0 amide bonds. The fraction of sp³-hybridized carbons (Fsp3) is 0.438. The third-order valence-electron chi connectivity index (χ3n) is 4.09. The fourth-order valence-corrected chi connectivity index (χ4v) is 3.95. The molecule has 1 aliphatic rings. The van der Waals surface area contributed by atoms with Crippen molar-refractivity contribution in [3.63, 3.8) is 0 Å². The highest BCUT2D eigenvalue weighted by atomic mass is 32.1. The number of hydrogen-bond donors (Lipinski definition) is 2. The van der Waals surface area contributed by atoms with Crippen LogP contribution in [-0.2, 0) is 6.54 Å². The average Bonchev–Trinajstić information content (AvgIpc) is 3.22. The third-order valence-corrected chi connectivity index (χ3v) is 5.04. The van der Waals surface area contributed by atoms with Gasteiger partial charge < -0.3 is 14.8 Å². The molecule has 3 rings (SSSR count). The Morgan fingerprint density at radius 1 is 1.38 bits per heavy atom. The highest BCUT2D eigenvalue weighted by molar-refractivity contribution is 7.10. The van der Waals surface area contributed by atoms with Gasteiger partial charge in [0, 0.05) is 10.9 Å². The SMILES string of the molecule is O=C(O)c1ccc(CNC(c2cccs2)C2CCCC2)o1. The summed E-state index contributed by atoms with van der Waals surface area (Å²) in [6.45, 7) is 0.562. The zero-order chi connectivity index (χ0) is 14.7. The minimum atomic E-state index is -1.02. The molecule has 1 saturated carbocycles. The Balaban J connectivity index is 1.68. The summed E-state index contributed by atoms with van der Waals surface area (Å²) < 4.78 is 5.32. The zero-order valence-corrected chi connectivity index (χ0v) is 12.6. The Labute approximate surface area is 127 Å². The Bertz CT molecular complexity index is 584. The third kappa shape index (κ3) is 3.36. The molecule has 112 valence electrons. The minimum Gasteiger partial charge on any atom is -0.475 e. The van der Waals surface area contributed by atoms with Gasteiger partial charge in [-0.2, -0.15) is 0 Å². The minimum absolute atomic E-state index is 0.000315. The Morgan fingerprint density at radius 2 is 2.19 bits per heavy atom. The van der Waals surface area contributed by atoms with Gasteiger partial charge in [0.1, 0.15) is 5.76 Å². The molecule has 2 heterocycles. The summed E-state index contributed by atoms with van der Waals surface area (Å²) in [5, 5.41) is 14.5. The van der Waals surface area contributed by atoms with Gasteiger partial charge in [0.2, 0.25) is 5.76 Å². The first-order valence-corrected chi connectivity index (χ1v) is 8.21. The van der Waals surface area contributed by atoms with Crippen molar-refractivity contribution in [3.8, 4) is 0 Å². The van der Waals surface area contributed by atoms with Gasteiger partial charge in [-0.3, -0.25) is 0 Å². The van der Waals surface area contributed by atoms with Crippen molar-refractivity contribution in [1.29, 1.82) is 0 Å². The van der Waals surface area contributed by atoms with E-state index in [-0.39, 0.29) is 5.76 Å². The lowest BCUT2D eigenvalue weighted by Crippen LogP contribution is -2.26.